The predicted octanol–water partition coefficient (Wildman–Crippen LogP) is 3.19. The molecule has 0 aliphatic heterocycles. The smallest absolute Gasteiger partial charge is 0.223 e. The highest BCUT2D eigenvalue weighted by Crippen LogP contribution is 2.23. The lowest BCUT2D eigenvalue weighted by atomic mass is 9.85. The first-order chi connectivity index (χ1) is 9.56. The van der Waals surface area contributed by atoms with Crippen molar-refractivity contribution in [1.29, 1.82) is 0 Å². The number of nitrogens with one attached hydrogen (secondary N) is 1. The van der Waals surface area contributed by atoms with Gasteiger partial charge >= 0.3 is 0 Å². The van der Waals surface area contributed by atoms with E-state index < -0.39 is 0 Å². The first kappa shape index (κ1) is 18.4. The van der Waals surface area contributed by atoms with Gasteiger partial charge in [-0.2, -0.15) is 0 Å². The van der Waals surface area contributed by atoms with E-state index in [1.54, 1.807) is 12.1 Å². The van der Waals surface area contributed by atoms with E-state index in [4.69, 9.17) is 5.73 Å². The zero-order valence-corrected chi connectivity index (χ0v) is 14.2. The number of benzene rings is 1. The number of nitrogens with two attached hydrogens (primary N) is 1. The Morgan fingerprint density at radius 3 is 2.86 bits per heavy atom. The molecule has 1 fully saturated rings. The van der Waals surface area contributed by atoms with Crippen LogP contribution in [-0.4, -0.2) is 18.5 Å². The first-order valence-corrected chi connectivity index (χ1v) is 7.83. The van der Waals surface area contributed by atoms with Gasteiger partial charge in [0, 0.05) is 18.5 Å². The molecule has 1 aromatic rings. The van der Waals surface area contributed by atoms with Gasteiger partial charge in [0.15, 0.2) is 0 Å². The summed E-state index contributed by atoms with van der Waals surface area (Å²) in [5, 5.41) is 2.95. The molecule has 1 aromatic carbocycles. The van der Waals surface area contributed by atoms with E-state index in [1.165, 1.54) is 6.07 Å². The number of amides is 1. The third-order valence-electron chi connectivity index (χ3n) is 3.78. The molecule has 0 saturated heterocycles. The van der Waals surface area contributed by atoms with E-state index in [0.29, 0.717) is 17.4 Å². The van der Waals surface area contributed by atoms with E-state index in [0.717, 1.165) is 31.2 Å². The Kier molecular flexibility index (Phi) is 7.63. The Morgan fingerprint density at radius 2 is 2.19 bits per heavy atom. The van der Waals surface area contributed by atoms with Crippen molar-refractivity contribution in [2.24, 2.45) is 11.7 Å². The number of carbonyl (C=O) groups excluding carboxylic acids is 1. The summed E-state index contributed by atoms with van der Waals surface area (Å²) in [5.74, 6) is -0.117. The van der Waals surface area contributed by atoms with Crippen molar-refractivity contribution in [3.63, 3.8) is 0 Å². The number of hydrogen-bond donors (Lipinski definition) is 2. The molecule has 2 rings (SSSR count). The van der Waals surface area contributed by atoms with Crippen molar-refractivity contribution in [1.82, 2.24) is 5.32 Å². The molecule has 3 N–H and O–H groups in total. The second kappa shape index (κ2) is 8.71. The molecule has 6 heteroatoms. The summed E-state index contributed by atoms with van der Waals surface area (Å²) in [7, 11) is 0. The number of halogens is 3. The lowest BCUT2D eigenvalue weighted by molar-refractivity contribution is -0.126. The van der Waals surface area contributed by atoms with Crippen molar-refractivity contribution < 1.29 is 9.18 Å². The van der Waals surface area contributed by atoms with Crippen LogP contribution in [0.5, 0.6) is 0 Å². The lowest BCUT2D eigenvalue weighted by Crippen LogP contribution is -2.38. The largest absolute Gasteiger partial charge is 0.356 e. The molecule has 0 heterocycles. The van der Waals surface area contributed by atoms with Crippen LogP contribution < -0.4 is 11.1 Å². The molecule has 0 aromatic heterocycles. The van der Waals surface area contributed by atoms with Gasteiger partial charge in [0.05, 0.1) is 4.47 Å². The van der Waals surface area contributed by atoms with Crippen LogP contribution in [0, 0.1) is 11.7 Å². The van der Waals surface area contributed by atoms with Gasteiger partial charge in [-0.15, -0.1) is 12.4 Å². The standard InChI is InChI=1S/C15H20BrFN2O.ClH/c16-13-8-10(4-5-14(13)17)6-7-19-15(20)11-2-1-3-12(18)9-11;/h4-5,8,11-12H,1-3,6-7,9,18H2,(H,19,20);1H. The van der Waals surface area contributed by atoms with Gasteiger partial charge in [-0.1, -0.05) is 12.5 Å². The quantitative estimate of drug-likeness (QED) is 0.844. The van der Waals surface area contributed by atoms with Crippen LogP contribution in [0.1, 0.15) is 31.2 Å². The molecular formula is C15H21BrClFN2O. The molecule has 1 aliphatic rings. The third kappa shape index (κ3) is 5.57. The highest BCUT2D eigenvalue weighted by Gasteiger charge is 2.24. The first-order valence-electron chi connectivity index (χ1n) is 7.03. The Labute approximate surface area is 139 Å². The normalized spacial score (nSPS) is 21.5. The maximum absolute atomic E-state index is 13.1. The average Bonchev–Trinajstić information content (AvgIpc) is 2.42. The minimum absolute atomic E-state index is 0. The van der Waals surface area contributed by atoms with Crippen molar-refractivity contribution in [2.75, 3.05) is 6.54 Å². The van der Waals surface area contributed by atoms with E-state index in [-0.39, 0.29) is 36.1 Å². The lowest BCUT2D eigenvalue weighted by Gasteiger charge is -2.25. The summed E-state index contributed by atoms with van der Waals surface area (Å²) in [6.45, 7) is 0.572. The summed E-state index contributed by atoms with van der Waals surface area (Å²) in [5.41, 5.74) is 6.89. The molecule has 21 heavy (non-hydrogen) atoms. The van der Waals surface area contributed by atoms with Crippen molar-refractivity contribution >= 4 is 34.2 Å². The minimum atomic E-state index is -0.269. The van der Waals surface area contributed by atoms with Crippen LogP contribution >= 0.6 is 28.3 Å². The predicted molar refractivity (Wildman–Crippen MR) is 88.0 cm³/mol. The van der Waals surface area contributed by atoms with Gasteiger partial charge in [-0.3, -0.25) is 4.79 Å². The molecule has 118 valence electrons. The highest BCUT2D eigenvalue weighted by molar-refractivity contribution is 9.10. The van der Waals surface area contributed by atoms with Crippen LogP contribution in [0.25, 0.3) is 0 Å². The SMILES string of the molecule is Cl.NC1CCCC(C(=O)NCCc2ccc(F)c(Br)c2)C1. The van der Waals surface area contributed by atoms with Crippen LogP contribution in [0.15, 0.2) is 22.7 Å². The van der Waals surface area contributed by atoms with Crippen LogP contribution in [-0.2, 0) is 11.2 Å². The van der Waals surface area contributed by atoms with Crippen molar-refractivity contribution in [2.45, 2.75) is 38.1 Å². The zero-order chi connectivity index (χ0) is 14.5. The van der Waals surface area contributed by atoms with Gasteiger partial charge in [0.2, 0.25) is 5.91 Å². The Balaban J connectivity index is 0.00000220. The van der Waals surface area contributed by atoms with Crippen LogP contribution in [0.4, 0.5) is 4.39 Å². The average molecular weight is 380 g/mol. The van der Waals surface area contributed by atoms with E-state index in [1.807, 2.05) is 0 Å². The van der Waals surface area contributed by atoms with Gasteiger partial charge in [0.1, 0.15) is 5.82 Å². The number of hydrogen-bond acceptors (Lipinski definition) is 2. The van der Waals surface area contributed by atoms with Crippen molar-refractivity contribution in [3.8, 4) is 0 Å². The molecule has 0 bridgehead atoms. The second-order valence-electron chi connectivity index (χ2n) is 5.41. The molecule has 1 saturated carbocycles. The summed E-state index contributed by atoms with van der Waals surface area (Å²) >= 11 is 3.16. The van der Waals surface area contributed by atoms with Gasteiger partial charge in [-0.05, 0) is 59.3 Å². The molecule has 1 aliphatic carbocycles. The summed E-state index contributed by atoms with van der Waals surface area (Å²) in [6, 6.07) is 5.08. The van der Waals surface area contributed by atoms with Gasteiger partial charge in [-0.25, -0.2) is 4.39 Å². The molecule has 2 unspecified atom stereocenters. The number of rotatable bonds is 4. The fraction of sp³-hybridized carbons (Fsp3) is 0.533. The maximum Gasteiger partial charge on any atom is 0.223 e. The summed E-state index contributed by atoms with van der Waals surface area (Å²) in [6.07, 6.45) is 4.47. The third-order valence-corrected chi connectivity index (χ3v) is 4.39. The molecular weight excluding hydrogens is 359 g/mol. The van der Waals surface area contributed by atoms with E-state index >= 15 is 0 Å². The maximum atomic E-state index is 13.1. The molecule has 0 spiro atoms. The molecule has 0 radical (unpaired) electrons. The van der Waals surface area contributed by atoms with E-state index in [2.05, 4.69) is 21.2 Å². The second-order valence-corrected chi connectivity index (χ2v) is 6.27. The molecule has 1 amide bonds. The summed E-state index contributed by atoms with van der Waals surface area (Å²) in [4.78, 5) is 12.0. The topological polar surface area (TPSA) is 55.1 Å². The Morgan fingerprint density at radius 1 is 1.43 bits per heavy atom. The Bertz CT molecular complexity index is 487. The minimum Gasteiger partial charge on any atom is -0.356 e. The van der Waals surface area contributed by atoms with Crippen molar-refractivity contribution in [3.05, 3.63) is 34.1 Å². The van der Waals surface area contributed by atoms with Gasteiger partial charge in [0.25, 0.3) is 0 Å². The van der Waals surface area contributed by atoms with E-state index in [9.17, 15) is 9.18 Å². The molecule has 3 nitrogen and oxygen atoms in total. The summed E-state index contributed by atoms with van der Waals surface area (Å²) < 4.78 is 13.6. The highest BCUT2D eigenvalue weighted by atomic mass is 79.9. The van der Waals surface area contributed by atoms with Crippen LogP contribution in [0.3, 0.4) is 0 Å². The monoisotopic (exact) mass is 378 g/mol. The fourth-order valence-corrected chi connectivity index (χ4v) is 3.06. The van der Waals surface area contributed by atoms with Crippen LogP contribution in [0.2, 0.25) is 0 Å². The molecule has 2 atom stereocenters. The number of carbonyl (C=O) groups is 1. The zero-order valence-electron chi connectivity index (χ0n) is 11.8. The van der Waals surface area contributed by atoms with Gasteiger partial charge < -0.3 is 11.1 Å². The Hall–Kier alpha value is -0.650. The fourth-order valence-electron chi connectivity index (χ4n) is 2.64.